The van der Waals surface area contributed by atoms with Gasteiger partial charge in [-0.15, -0.1) is 0 Å². The Morgan fingerprint density at radius 2 is 2.06 bits per heavy atom. The van der Waals surface area contributed by atoms with Gasteiger partial charge in [-0.25, -0.2) is 4.39 Å². The fourth-order valence-electron chi connectivity index (χ4n) is 2.18. The highest BCUT2D eigenvalue weighted by Gasteiger charge is 2.22. The number of hydrogen-bond donors (Lipinski definition) is 1. The van der Waals surface area contributed by atoms with Crippen molar-refractivity contribution >= 4 is 11.0 Å². The summed E-state index contributed by atoms with van der Waals surface area (Å²) in [5, 5.41) is 4.06. The summed E-state index contributed by atoms with van der Waals surface area (Å²) in [6, 6.07) is 7.03. The maximum Gasteiger partial charge on any atom is 0.169 e. The highest BCUT2D eigenvalue weighted by atomic mass is 19.1. The lowest BCUT2D eigenvalue weighted by atomic mass is 9.87. The number of para-hydroxylation sites is 1. The molecule has 2 aromatic rings. The van der Waals surface area contributed by atoms with Crippen molar-refractivity contribution in [1.82, 2.24) is 5.32 Å². The van der Waals surface area contributed by atoms with E-state index in [1.54, 1.807) is 6.07 Å². The molecular formula is C15H20FNO. The van der Waals surface area contributed by atoms with E-state index in [2.05, 4.69) is 26.1 Å². The summed E-state index contributed by atoms with van der Waals surface area (Å²) in [5.41, 5.74) is 0.534. The molecule has 0 aliphatic rings. The van der Waals surface area contributed by atoms with Crippen LogP contribution in [0.15, 0.2) is 28.7 Å². The number of furan rings is 1. The summed E-state index contributed by atoms with van der Waals surface area (Å²) in [6.45, 7) is 6.54. The molecule has 0 saturated carbocycles. The van der Waals surface area contributed by atoms with Crippen LogP contribution in [0.3, 0.4) is 0 Å². The Morgan fingerprint density at radius 3 is 2.61 bits per heavy atom. The molecule has 0 fully saturated rings. The van der Waals surface area contributed by atoms with E-state index >= 15 is 0 Å². The average Bonchev–Trinajstić information content (AvgIpc) is 2.70. The SMILES string of the molecule is CNC(CC(C)(C)C)c1cc2cccc(F)c2o1. The Balaban J connectivity index is 2.37. The second-order valence-corrected chi connectivity index (χ2v) is 5.91. The predicted molar refractivity (Wildman–Crippen MR) is 72.0 cm³/mol. The van der Waals surface area contributed by atoms with Gasteiger partial charge in [-0.2, -0.15) is 0 Å². The molecule has 1 aromatic carbocycles. The molecule has 0 spiro atoms. The quantitative estimate of drug-likeness (QED) is 0.878. The van der Waals surface area contributed by atoms with Crippen LogP contribution in [0.25, 0.3) is 11.0 Å². The van der Waals surface area contributed by atoms with Gasteiger partial charge in [-0.3, -0.25) is 0 Å². The van der Waals surface area contributed by atoms with Crippen LogP contribution in [-0.4, -0.2) is 7.05 Å². The van der Waals surface area contributed by atoms with Crippen LogP contribution < -0.4 is 5.32 Å². The molecule has 0 radical (unpaired) electrons. The van der Waals surface area contributed by atoms with Crippen molar-refractivity contribution in [1.29, 1.82) is 0 Å². The Kier molecular flexibility index (Phi) is 3.44. The lowest BCUT2D eigenvalue weighted by Crippen LogP contribution is -2.22. The third-order valence-electron chi connectivity index (χ3n) is 3.02. The third-order valence-corrected chi connectivity index (χ3v) is 3.02. The Hall–Kier alpha value is -1.35. The molecule has 1 atom stereocenters. The van der Waals surface area contributed by atoms with Gasteiger partial charge in [0.1, 0.15) is 5.76 Å². The molecule has 0 saturated heterocycles. The highest BCUT2D eigenvalue weighted by molar-refractivity contribution is 5.78. The summed E-state index contributed by atoms with van der Waals surface area (Å²) in [6.07, 6.45) is 0.935. The molecule has 1 unspecified atom stereocenters. The molecule has 0 bridgehead atoms. The van der Waals surface area contributed by atoms with Crippen molar-refractivity contribution in [3.8, 4) is 0 Å². The van der Waals surface area contributed by atoms with Gasteiger partial charge in [0.25, 0.3) is 0 Å². The molecule has 3 heteroatoms. The molecule has 1 heterocycles. The second-order valence-electron chi connectivity index (χ2n) is 5.91. The Labute approximate surface area is 107 Å². The Bertz CT molecular complexity index is 539. The van der Waals surface area contributed by atoms with Crippen molar-refractivity contribution in [3.63, 3.8) is 0 Å². The van der Waals surface area contributed by atoms with E-state index in [0.29, 0.717) is 5.58 Å². The van der Waals surface area contributed by atoms with Crippen LogP contribution >= 0.6 is 0 Å². The van der Waals surface area contributed by atoms with Crippen LogP contribution in [0, 0.1) is 11.2 Å². The van der Waals surface area contributed by atoms with E-state index < -0.39 is 0 Å². The minimum Gasteiger partial charge on any atom is -0.456 e. The number of fused-ring (bicyclic) bond motifs is 1. The Morgan fingerprint density at radius 1 is 1.33 bits per heavy atom. The van der Waals surface area contributed by atoms with Gasteiger partial charge in [0.05, 0.1) is 6.04 Å². The third kappa shape index (κ3) is 2.72. The first kappa shape index (κ1) is 13.1. The largest absolute Gasteiger partial charge is 0.456 e. The number of nitrogens with one attached hydrogen (secondary N) is 1. The van der Waals surface area contributed by atoms with E-state index in [1.165, 1.54) is 6.07 Å². The number of halogens is 1. The van der Waals surface area contributed by atoms with Crippen LogP contribution in [0.4, 0.5) is 4.39 Å². The molecule has 1 N–H and O–H groups in total. The van der Waals surface area contributed by atoms with Gasteiger partial charge in [-0.1, -0.05) is 32.9 Å². The molecule has 2 nitrogen and oxygen atoms in total. The fraction of sp³-hybridized carbons (Fsp3) is 0.467. The van der Waals surface area contributed by atoms with Gasteiger partial charge >= 0.3 is 0 Å². The van der Waals surface area contributed by atoms with E-state index in [-0.39, 0.29) is 17.3 Å². The van der Waals surface area contributed by atoms with Crippen LogP contribution in [-0.2, 0) is 0 Å². The summed E-state index contributed by atoms with van der Waals surface area (Å²) in [4.78, 5) is 0. The monoisotopic (exact) mass is 249 g/mol. The van der Waals surface area contributed by atoms with Crippen LogP contribution in [0.2, 0.25) is 0 Å². The second kappa shape index (κ2) is 4.73. The summed E-state index contributed by atoms with van der Waals surface area (Å²) in [7, 11) is 1.90. The number of hydrogen-bond acceptors (Lipinski definition) is 2. The first-order valence-electron chi connectivity index (χ1n) is 6.26. The van der Waals surface area contributed by atoms with Crippen molar-refractivity contribution in [2.24, 2.45) is 5.41 Å². The van der Waals surface area contributed by atoms with Gasteiger partial charge < -0.3 is 9.73 Å². The maximum atomic E-state index is 13.6. The average molecular weight is 249 g/mol. The van der Waals surface area contributed by atoms with Crippen molar-refractivity contribution in [2.75, 3.05) is 7.05 Å². The molecule has 1 aromatic heterocycles. The molecule has 0 aliphatic heterocycles. The molecule has 18 heavy (non-hydrogen) atoms. The van der Waals surface area contributed by atoms with Crippen molar-refractivity contribution < 1.29 is 8.81 Å². The summed E-state index contributed by atoms with van der Waals surface area (Å²) in [5.74, 6) is 0.497. The zero-order valence-electron chi connectivity index (χ0n) is 11.4. The lowest BCUT2D eigenvalue weighted by molar-refractivity contribution is 0.296. The van der Waals surface area contributed by atoms with Gasteiger partial charge in [0, 0.05) is 5.39 Å². The standard InChI is InChI=1S/C15H20FNO/c1-15(2,3)9-12(17-4)13-8-10-6-5-7-11(16)14(10)18-13/h5-8,12,17H,9H2,1-4H3. The van der Waals surface area contributed by atoms with E-state index in [0.717, 1.165) is 17.6 Å². The minimum absolute atomic E-state index is 0.108. The summed E-state index contributed by atoms with van der Waals surface area (Å²) < 4.78 is 19.3. The van der Waals surface area contributed by atoms with Gasteiger partial charge in [0.2, 0.25) is 0 Å². The topological polar surface area (TPSA) is 25.2 Å². The molecule has 0 aliphatic carbocycles. The summed E-state index contributed by atoms with van der Waals surface area (Å²) >= 11 is 0. The lowest BCUT2D eigenvalue weighted by Gasteiger charge is -2.24. The first-order chi connectivity index (χ1) is 8.40. The van der Waals surface area contributed by atoms with E-state index in [4.69, 9.17) is 4.42 Å². The number of rotatable bonds is 3. The molecule has 0 amide bonds. The normalized spacial score (nSPS) is 14.1. The van der Waals surface area contributed by atoms with Gasteiger partial charge in [0.15, 0.2) is 11.4 Å². The zero-order chi connectivity index (χ0) is 13.3. The first-order valence-corrected chi connectivity index (χ1v) is 6.26. The molecule has 2 rings (SSSR count). The molecule has 98 valence electrons. The smallest absolute Gasteiger partial charge is 0.169 e. The predicted octanol–water partition coefficient (Wildman–Crippen LogP) is 4.27. The minimum atomic E-state index is -0.302. The molecular weight excluding hydrogens is 229 g/mol. The van der Waals surface area contributed by atoms with E-state index in [9.17, 15) is 4.39 Å². The van der Waals surface area contributed by atoms with Crippen LogP contribution in [0.1, 0.15) is 39.0 Å². The maximum absolute atomic E-state index is 13.6. The number of benzene rings is 1. The van der Waals surface area contributed by atoms with Crippen molar-refractivity contribution in [3.05, 3.63) is 35.8 Å². The van der Waals surface area contributed by atoms with E-state index in [1.807, 2.05) is 19.2 Å². The van der Waals surface area contributed by atoms with Crippen LogP contribution in [0.5, 0.6) is 0 Å². The van der Waals surface area contributed by atoms with Gasteiger partial charge in [-0.05, 0) is 31.0 Å². The highest BCUT2D eigenvalue weighted by Crippen LogP contribution is 2.32. The fourth-order valence-corrected chi connectivity index (χ4v) is 2.18. The zero-order valence-corrected chi connectivity index (χ0v) is 11.4. The van der Waals surface area contributed by atoms with Crippen molar-refractivity contribution in [2.45, 2.75) is 33.2 Å².